The van der Waals surface area contributed by atoms with Crippen molar-refractivity contribution in [3.05, 3.63) is 35.9 Å². The molecule has 3 aromatic heterocycles. The molecule has 198 valence electrons. The molecule has 3 saturated heterocycles. The molecule has 0 saturated carbocycles. The van der Waals surface area contributed by atoms with Gasteiger partial charge in [-0.25, -0.2) is 23.4 Å². The van der Waals surface area contributed by atoms with Crippen LogP contribution in [0.15, 0.2) is 40.6 Å². The monoisotopic (exact) mass is 563 g/mol. The Hall–Kier alpha value is -2.12. The van der Waals surface area contributed by atoms with Crippen LogP contribution in [0.4, 0.5) is 11.8 Å². The molecule has 0 bridgehead atoms. The fourth-order valence-electron chi connectivity index (χ4n) is 5.53. The molecule has 3 aromatic rings. The molecule has 3 aliphatic heterocycles. The molecule has 0 aliphatic carbocycles. The van der Waals surface area contributed by atoms with E-state index in [1.54, 1.807) is 12.4 Å². The van der Waals surface area contributed by atoms with E-state index in [9.17, 15) is 8.42 Å². The minimum Gasteiger partial charge on any atom is -0.376 e. The number of hydrogen-bond acceptors (Lipinski definition) is 10. The zero-order chi connectivity index (χ0) is 25.9. The highest BCUT2D eigenvalue weighted by molar-refractivity contribution is 7.99. The number of halogens is 1. The first-order chi connectivity index (χ1) is 17.7. The van der Waals surface area contributed by atoms with Crippen LogP contribution in [0.5, 0.6) is 0 Å². The van der Waals surface area contributed by atoms with Crippen molar-refractivity contribution in [3.8, 4) is 0 Å². The third kappa shape index (κ3) is 4.36. The van der Waals surface area contributed by atoms with Crippen molar-refractivity contribution in [1.82, 2.24) is 19.4 Å². The van der Waals surface area contributed by atoms with E-state index < -0.39 is 9.84 Å². The Morgan fingerprint density at radius 1 is 1.14 bits per heavy atom. The summed E-state index contributed by atoms with van der Waals surface area (Å²) in [6.45, 7) is 5.31. The van der Waals surface area contributed by atoms with Gasteiger partial charge in [0.15, 0.2) is 15.5 Å². The number of nitrogens with zero attached hydrogens (tertiary/aromatic N) is 6. The topological polar surface area (TPSA) is 119 Å². The highest BCUT2D eigenvalue weighted by Gasteiger charge is 2.47. The number of rotatable bonds is 5. The second kappa shape index (κ2) is 9.26. The van der Waals surface area contributed by atoms with Crippen molar-refractivity contribution in [2.75, 3.05) is 48.8 Å². The Kier molecular flexibility index (Phi) is 6.30. The third-order valence-electron chi connectivity index (χ3n) is 8.07. The van der Waals surface area contributed by atoms with Gasteiger partial charge >= 0.3 is 0 Å². The average molecular weight is 564 g/mol. The van der Waals surface area contributed by atoms with Gasteiger partial charge in [0, 0.05) is 73.6 Å². The van der Waals surface area contributed by atoms with Gasteiger partial charge < -0.3 is 20.3 Å². The summed E-state index contributed by atoms with van der Waals surface area (Å²) in [4.78, 5) is 19.7. The molecule has 3 fully saturated rings. The van der Waals surface area contributed by atoms with E-state index in [1.807, 2.05) is 27.8 Å². The quantitative estimate of drug-likeness (QED) is 0.496. The second-order valence-electron chi connectivity index (χ2n) is 10.3. The maximum absolute atomic E-state index is 11.8. The smallest absolute Gasteiger partial charge is 0.211 e. The van der Waals surface area contributed by atoms with Crippen LogP contribution in [0, 0.1) is 5.41 Å². The first kappa shape index (κ1) is 25.2. The van der Waals surface area contributed by atoms with Crippen molar-refractivity contribution in [2.24, 2.45) is 11.1 Å². The number of fused-ring (bicyclic) bond motifs is 1. The zero-order valence-corrected chi connectivity index (χ0v) is 23.1. The van der Waals surface area contributed by atoms with E-state index in [-0.39, 0.29) is 22.8 Å². The molecule has 0 unspecified atom stereocenters. The number of imidazole rings is 1. The first-order valence-electron chi connectivity index (χ1n) is 12.4. The molecule has 10 nitrogen and oxygen atoms in total. The van der Waals surface area contributed by atoms with Crippen molar-refractivity contribution >= 4 is 50.6 Å². The van der Waals surface area contributed by atoms with E-state index in [1.165, 1.54) is 18.0 Å². The average Bonchev–Trinajstić information content (AvgIpc) is 3.43. The molecular formula is C24H30ClN7O3S2. The normalized spacial score (nSPS) is 24.2. The lowest BCUT2D eigenvalue weighted by Crippen LogP contribution is -2.55. The summed E-state index contributed by atoms with van der Waals surface area (Å²) in [5.41, 5.74) is 7.35. The van der Waals surface area contributed by atoms with Crippen LogP contribution in [-0.2, 0) is 14.6 Å². The Balaban J connectivity index is 1.21. The van der Waals surface area contributed by atoms with E-state index in [0.29, 0.717) is 23.9 Å². The van der Waals surface area contributed by atoms with Crippen LogP contribution < -0.4 is 15.5 Å². The largest absolute Gasteiger partial charge is 0.376 e. The van der Waals surface area contributed by atoms with Gasteiger partial charge in [-0.2, -0.15) is 0 Å². The highest BCUT2D eigenvalue weighted by Crippen LogP contribution is 2.43. The lowest BCUT2D eigenvalue weighted by molar-refractivity contribution is 0.0973. The summed E-state index contributed by atoms with van der Waals surface area (Å²) >= 11 is 8.21. The summed E-state index contributed by atoms with van der Waals surface area (Å²) in [5.74, 6) is 1.46. The van der Waals surface area contributed by atoms with Gasteiger partial charge in [-0.15, -0.1) is 0 Å². The Bertz CT molecular complexity index is 1440. The van der Waals surface area contributed by atoms with Gasteiger partial charge in [0.2, 0.25) is 5.95 Å². The van der Waals surface area contributed by atoms with Crippen molar-refractivity contribution in [1.29, 1.82) is 0 Å². The minimum atomic E-state index is -3.08. The van der Waals surface area contributed by atoms with Gasteiger partial charge in [-0.1, -0.05) is 23.4 Å². The van der Waals surface area contributed by atoms with E-state index >= 15 is 0 Å². The SMILES string of the molecule is C[C@@H]1OCC2(CCN(c3ncc(Sc4ccnc(N5CC(S(C)(=O)=O)C5)c4Cl)c4nccn34)CC2)[C@@H]1N. The lowest BCUT2D eigenvalue weighted by atomic mass is 9.73. The Morgan fingerprint density at radius 3 is 2.57 bits per heavy atom. The highest BCUT2D eigenvalue weighted by atomic mass is 35.5. The maximum atomic E-state index is 11.8. The number of pyridine rings is 1. The van der Waals surface area contributed by atoms with Gasteiger partial charge in [0.1, 0.15) is 5.82 Å². The molecule has 0 aromatic carbocycles. The summed E-state index contributed by atoms with van der Waals surface area (Å²) in [5, 5.41) is 0.117. The van der Waals surface area contributed by atoms with Crippen LogP contribution in [-0.4, -0.2) is 84.2 Å². The van der Waals surface area contributed by atoms with Crippen LogP contribution >= 0.6 is 23.4 Å². The maximum Gasteiger partial charge on any atom is 0.211 e. The molecule has 37 heavy (non-hydrogen) atoms. The summed E-state index contributed by atoms with van der Waals surface area (Å²) in [6.07, 6.45) is 10.6. The molecule has 1 spiro atoms. The van der Waals surface area contributed by atoms with E-state index in [2.05, 4.69) is 21.8 Å². The zero-order valence-electron chi connectivity index (χ0n) is 20.7. The Labute approximate surface area is 225 Å². The van der Waals surface area contributed by atoms with Gasteiger partial charge in [0.05, 0.1) is 27.9 Å². The number of hydrogen-bond donors (Lipinski definition) is 1. The second-order valence-corrected chi connectivity index (χ2v) is 14.1. The molecule has 3 aliphatic rings. The summed E-state index contributed by atoms with van der Waals surface area (Å²) in [6, 6.07) is 1.92. The van der Waals surface area contributed by atoms with Crippen LogP contribution in [0.3, 0.4) is 0 Å². The fourth-order valence-corrected chi connectivity index (χ4v) is 7.67. The van der Waals surface area contributed by atoms with Crippen LogP contribution in [0.2, 0.25) is 5.02 Å². The van der Waals surface area contributed by atoms with Crippen LogP contribution in [0.1, 0.15) is 19.8 Å². The standard InChI is InChI=1S/C24H30ClN7O3S2/c1-15-20(26)24(14-35-15)4-8-30(9-5-24)23-29-11-18(21-28-7-10-32(21)23)36-17-3-6-27-22(19(17)25)31-12-16(13-31)37(2,33)34/h3,6-7,10-11,15-16,20H,4-5,8-9,12-14,26H2,1-2H3/t15-,20+/m0/s1. The molecule has 0 radical (unpaired) electrons. The number of piperidine rings is 1. The number of aromatic nitrogens is 4. The predicted molar refractivity (Wildman–Crippen MR) is 144 cm³/mol. The molecule has 6 heterocycles. The van der Waals surface area contributed by atoms with E-state index in [4.69, 9.17) is 27.1 Å². The molecular weight excluding hydrogens is 534 g/mol. The number of anilines is 2. The van der Waals surface area contributed by atoms with Gasteiger partial charge in [-0.05, 0) is 25.8 Å². The van der Waals surface area contributed by atoms with Gasteiger partial charge in [0.25, 0.3) is 0 Å². The number of nitrogens with two attached hydrogens (primary N) is 1. The molecule has 13 heteroatoms. The van der Waals surface area contributed by atoms with Crippen LogP contribution in [0.25, 0.3) is 5.65 Å². The fraction of sp³-hybridized carbons (Fsp3) is 0.542. The van der Waals surface area contributed by atoms with Crippen molar-refractivity contribution in [2.45, 2.75) is 47.0 Å². The third-order valence-corrected chi connectivity index (χ3v) is 11.1. The Morgan fingerprint density at radius 2 is 1.89 bits per heavy atom. The molecule has 0 amide bonds. The number of sulfone groups is 1. The van der Waals surface area contributed by atoms with Crippen molar-refractivity contribution in [3.63, 3.8) is 0 Å². The predicted octanol–water partition coefficient (Wildman–Crippen LogP) is 2.49. The minimum absolute atomic E-state index is 0.0490. The lowest BCUT2D eigenvalue weighted by Gasteiger charge is -2.41. The summed E-state index contributed by atoms with van der Waals surface area (Å²) < 4.78 is 31.5. The van der Waals surface area contributed by atoms with Gasteiger partial charge in [-0.3, -0.25) is 4.40 Å². The number of ether oxygens (including phenoxy) is 1. The molecule has 2 atom stereocenters. The summed E-state index contributed by atoms with van der Waals surface area (Å²) in [7, 11) is -3.08. The molecule has 2 N–H and O–H groups in total. The van der Waals surface area contributed by atoms with Crippen molar-refractivity contribution < 1.29 is 13.2 Å². The molecule has 6 rings (SSSR count). The van der Waals surface area contributed by atoms with E-state index in [0.717, 1.165) is 53.9 Å². The first-order valence-corrected chi connectivity index (χ1v) is 15.5.